The van der Waals surface area contributed by atoms with E-state index >= 15 is 0 Å². The van der Waals surface area contributed by atoms with Crippen molar-refractivity contribution < 1.29 is 0 Å². The average Bonchev–Trinajstić information content (AvgIpc) is 2.26. The molecule has 1 aliphatic rings. The van der Waals surface area contributed by atoms with Crippen molar-refractivity contribution in [3.8, 4) is 0 Å². The standard InChI is InChI=1S/C12H20N4O/c1-3-6-16(10-8-13-9-10)11-12(17)15(4-2)7-5-14-11/h5,7,10,13H,3-4,6,8-9H2,1-2H3. The van der Waals surface area contributed by atoms with Crippen LogP contribution in [0, 0.1) is 0 Å². The Bertz CT molecular complexity index is 425. The molecule has 0 spiro atoms. The van der Waals surface area contributed by atoms with Crippen LogP contribution in [0.1, 0.15) is 20.3 Å². The van der Waals surface area contributed by atoms with Gasteiger partial charge in [-0.05, 0) is 13.3 Å². The van der Waals surface area contributed by atoms with Crippen molar-refractivity contribution in [3.05, 3.63) is 22.7 Å². The molecule has 5 nitrogen and oxygen atoms in total. The second kappa shape index (κ2) is 5.31. The number of nitrogens with one attached hydrogen (secondary N) is 1. The SMILES string of the molecule is CCCN(c1nccn(CC)c1=O)C1CNC1. The zero-order valence-corrected chi connectivity index (χ0v) is 10.5. The van der Waals surface area contributed by atoms with Crippen molar-refractivity contribution in [1.29, 1.82) is 0 Å². The van der Waals surface area contributed by atoms with Crippen LogP contribution in [0.2, 0.25) is 0 Å². The Morgan fingerprint density at radius 2 is 2.29 bits per heavy atom. The minimum atomic E-state index is 0.0235. The lowest BCUT2D eigenvalue weighted by Gasteiger charge is -2.38. The number of hydrogen-bond donors (Lipinski definition) is 1. The molecule has 17 heavy (non-hydrogen) atoms. The van der Waals surface area contributed by atoms with Crippen LogP contribution in [-0.2, 0) is 6.54 Å². The molecule has 1 fully saturated rings. The van der Waals surface area contributed by atoms with Crippen LogP contribution >= 0.6 is 0 Å². The van der Waals surface area contributed by atoms with Gasteiger partial charge in [0, 0.05) is 38.6 Å². The van der Waals surface area contributed by atoms with Gasteiger partial charge < -0.3 is 14.8 Å². The third-order valence-corrected chi connectivity index (χ3v) is 3.17. The van der Waals surface area contributed by atoms with E-state index in [9.17, 15) is 4.79 Å². The largest absolute Gasteiger partial charge is 0.346 e. The second-order valence-corrected chi connectivity index (χ2v) is 4.35. The maximum absolute atomic E-state index is 12.2. The van der Waals surface area contributed by atoms with Crippen LogP contribution in [-0.4, -0.2) is 35.2 Å². The monoisotopic (exact) mass is 236 g/mol. The van der Waals surface area contributed by atoms with Gasteiger partial charge in [0.2, 0.25) is 0 Å². The fraction of sp³-hybridized carbons (Fsp3) is 0.667. The molecule has 0 radical (unpaired) electrons. The zero-order chi connectivity index (χ0) is 12.3. The number of anilines is 1. The Morgan fingerprint density at radius 3 is 2.82 bits per heavy atom. The van der Waals surface area contributed by atoms with Gasteiger partial charge in [-0.2, -0.15) is 0 Å². The van der Waals surface area contributed by atoms with E-state index in [0.29, 0.717) is 18.4 Å². The van der Waals surface area contributed by atoms with Gasteiger partial charge in [0.05, 0.1) is 6.04 Å². The van der Waals surface area contributed by atoms with Gasteiger partial charge in [0.1, 0.15) is 0 Å². The molecule has 1 aromatic heterocycles. The Hall–Kier alpha value is -1.36. The molecule has 2 heterocycles. The molecule has 94 valence electrons. The molecule has 0 bridgehead atoms. The highest BCUT2D eigenvalue weighted by Crippen LogP contribution is 2.12. The molecule has 0 atom stereocenters. The Labute approximate surface area is 101 Å². The van der Waals surface area contributed by atoms with E-state index in [4.69, 9.17) is 0 Å². The topological polar surface area (TPSA) is 50.2 Å². The maximum atomic E-state index is 12.2. The lowest BCUT2D eigenvalue weighted by atomic mass is 10.1. The summed E-state index contributed by atoms with van der Waals surface area (Å²) in [6.45, 7) is 7.57. The Morgan fingerprint density at radius 1 is 1.53 bits per heavy atom. The number of rotatable bonds is 5. The van der Waals surface area contributed by atoms with E-state index in [1.165, 1.54) is 0 Å². The summed E-state index contributed by atoms with van der Waals surface area (Å²) < 4.78 is 1.71. The predicted molar refractivity (Wildman–Crippen MR) is 68.5 cm³/mol. The number of nitrogens with zero attached hydrogens (tertiary/aromatic N) is 3. The highest BCUT2D eigenvalue weighted by Gasteiger charge is 2.26. The van der Waals surface area contributed by atoms with Crippen LogP contribution in [0.25, 0.3) is 0 Å². The van der Waals surface area contributed by atoms with Gasteiger partial charge in [-0.3, -0.25) is 4.79 Å². The van der Waals surface area contributed by atoms with E-state index in [1.807, 2.05) is 6.92 Å². The molecule has 0 aromatic carbocycles. The molecular weight excluding hydrogens is 216 g/mol. The first-order chi connectivity index (χ1) is 8.27. The molecule has 1 N–H and O–H groups in total. The molecule has 0 saturated carbocycles. The second-order valence-electron chi connectivity index (χ2n) is 4.35. The van der Waals surface area contributed by atoms with Gasteiger partial charge in [0.15, 0.2) is 5.82 Å². The summed E-state index contributed by atoms with van der Waals surface area (Å²) >= 11 is 0. The molecule has 0 aliphatic carbocycles. The van der Waals surface area contributed by atoms with Gasteiger partial charge in [-0.25, -0.2) is 4.98 Å². The lowest BCUT2D eigenvalue weighted by Crippen LogP contribution is -2.59. The summed E-state index contributed by atoms with van der Waals surface area (Å²) in [7, 11) is 0. The summed E-state index contributed by atoms with van der Waals surface area (Å²) in [6, 6.07) is 0.419. The third kappa shape index (κ3) is 2.34. The van der Waals surface area contributed by atoms with E-state index in [0.717, 1.165) is 26.1 Å². The summed E-state index contributed by atoms with van der Waals surface area (Å²) in [5.74, 6) is 0.600. The highest BCUT2D eigenvalue weighted by molar-refractivity contribution is 5.38. The van der Waals surface area contributed by atoms with Crippen molar-refractivity contribution in [3.63, 3.8) is 0 Å². The molecule has 0 unspecified atom stereocenters. The van der Waals surface area contributed by atoms with Crippen molar-refractivity contribution in [2.75, 3.05) is 24.5 Å². The Balaban J connectivity index is 2.31. The molecule has 5 heteroatoms. The summed E-state index contributed by atoms with van der Waals surface area (Å²) in [4.78, 5) is 18.6. The Kier molecular flexibility index (Phi) is 3.78. The van der Waals surface area contributed by atoms with Crippen molar-refractivity contribution in [2.45, 2.75) is 32.9 Å². The first-order valence-electron chi connectivity index (χ1n) is 6.30. The molecule has 0 amide bonds. The predicted octanol–water partition coefficient (Wildman–Crippen LogP) is 0.451. The molecule has 1 aromatic rings. The highest BCUT2D eigenvalue weighted by atomic mass is 16.1. The van der Waals surface area contributed by atoms with Crippen molar-refractivity contribution in [2.24, 2.45) is 0 Å². The first kappa shape index (κ1) is 12.1. The first-order valence-corrected chi connectivity index (χ1v) is 6.30. The fourth-order valence-corrected chi connectivity index (χ4v) is 2.08. The van der Waals surface area contributed by atoms with E-state index in [2.05, 4.69) is 22.1 Å². The van der Waals surface area contributed by atoms with Gasteiger partial charge >= 0.3 is 0 Å². The number of hydrogen-bond acceptors (Lipinski definition) is 4. The fourth-order valence-electron chi connectivity index (χ4n) is 2.08. The molecule has 2 rings (SSSR count). The normalized spacial score (nSPS) is 15.6. The quantitative estimate of drug-likeness (QED) is 0.806. The summed E-state index contributed by atoms with van der Waals surface area (Å²) in [5.41, 5.74) is 0.0235. The van der Waals surface area contributed by atoms with Crippen LogP contribution in [0.3, 0.4) is 0 Å². The lowest BCUT2D eigenvalue weighted by molar-refractivity contribution is 0.408. The summed E-state index contributed by atoms with van der Waals surface area (Å²) in [5, 5.41) is 3.24. The smallest absolute Gasteiger partial charge is 0.293 e. The zero-order valence-electron chi connectivity index (χ0n) is 10.5. The van der Waals surface area contributed by atoms with E-state index in [-0.39, 0.29) is 5.56 Å². The molecule has 1 aliphatic heterocycles. The molecular formula is C12H20N4O. The minimum Gasteiger partial charge on any atom is -0.346 e. The third-order valence-electron chi connectivity index (χ3n) is 3.17. The van der Waals surface area contributed by atoms with Crippen molar-refractivity contribution in [1.82, 2.24) is 14.9 Å². The van der Waals surface area contributed by atoms with E-state index < -0.39 is 0 Å². The average molecular weight is 236 g/mol. The number of aromatic nitrogens is 2. The number of aryl methyl sites for hydroxylation is 1. The van der Waals surface area contributed by atoms with Crippen LogP contribution in [0.5, 0.6) is 0 Å². The van der Waals surface area contributed by atoms with E-state index in [1.54, 1.807) is 17.0 Å². The van der Waals surface area contributed by atoms with Crippen LogP contribution in [0.4, 0.5) is 5.82 Å². The minimum absolute atomic E-state index is 0.0235. The van der Waals surface area contributed by atoms with Gasteiger partial charge in [0.25, 0.3) is 5.56 Å². The molecule has 1 saturated heterocycles. The van der Waals surface area contributed by atoms with Gasteiger partial charge in [-0.15, -0.1) is 0 Å². The summed E-state index contributed by atoms with van der Waals surface area (Å²) in [6.07, 6.45) is 4.49. The maximum Gasteiger partial charge on any atom is 0.293 e. The van der Waals surface area contributed by atoms with Crippen LogP contribution in [0.15, 0.2) is 17.2 Å². The van der Waals surface area contributed by atoms with Crippen molar-refractivity contribution >= 4 is 5.82 Å². The van der Waals surface area contributed by atoms with Gasteiger partial charge in [-0.1, -0.05) is 6.92 Å². The van der Waals surface area contributed by atoms with Crippen LogP contribution < -0.4 is 15.8 Å².